The van der Waals surface area contributed by atoms with E-state index in [4.69, 9.17) is 10.3 Å². The number of ether oxygens (including phenoxy) is 1. The molecule has 0 aliphatic heterocycles. The van der Waals surface area contributed by atoms with Gasteiger partial charge in [-0.2, -0.15) is 0 Å². The first-order valence-electron chi connectivity index (χ1n) is 8.89. The topological polar surface area (TPSA) is 142 Å². The van der Waals surface area contributed by atoms with Crippen LogP contribution in [0.1, 0.15) is 46.6 Å². The van der Waals surface area contributed by atoms with E-state index in [-0.39, 0.29) is 12.5 Å². The predicted octanol–water partition coefficient (Wildman–Crippen LogP) is 1.71. The fourth-order valence-electron chi connectivity index (χ4n) is 2.83. The number of carboxylic acids is 1. The summed E-state index contributed by atoms with van der Waals surface area (Å²) in [6, 6.07) is 9.22. The summed E-state index contributed by atoms with van der Waals surface area (Å²) in [6.45, 7) is 9.43. The van der Waals surface area contributed by atoms with Gasteiger partial charge in [-0.25, -0.2) is 10.3 Å². The number of nitrogens with one attached hydrogen (secondary N) is 2. The number of alkyl carbamates (subject to hydrolysis) is 1. The zero-order valence-electron chi connectivity index (χ0n) is 16.9. The molecule has 1 aromatic rings. The summed E-state index contributed by atoms with van der Waals surface area (Å²) < 4.78 is 5.18. The quantitative estimate of drug-likeness (QED) is 0.619. The number of carboxylic acid groups (broad SMARTS) is 1. The number of carbonyl (C=O) groups excluding carboxylic acids is 2. The van der Waals surface area contributed by atoms with E-state index in [1.165, 1.54) is 0 Å². The fourth-order valence-corrected chi connectivity index (χ4v) is 2.83. The molecule has 0 radical (unpaired) electrons. The number of hydrogen-bond acceptors (Lipinski definition) is 6. The van der Waals surface area contributed by atoms with Crippen molar-refractivity contribution >= 4 is 12.1 Å². The third-order valence-corrected chi connectivity index (χ3v) is 4.48. The van der Waals surface area contributed by atoms with Crippen LogP contribution in [0.3, 0.4) is 0 Å². The van der Waals surface area contributed by atoms with Crippen LogP contribution in [-0.4, -0.2) is 24.3 Å². The highest BCUT2D eigenvalue weighted by Gasteiger charge is 2.48. The SMILES string of the molecule is CC[C@@H](C)[C@@](NC(=O)OCc1ccccc1)(C(=O)[O-])C(C)(C)C.N=NC[NH3+]. The Hall–Kier alpha value is -2.48. The second-order valence-corrected chi connectivity index (χ2v) is 7.22. The number of amides is 1. The molecule has 0 saturated carbocycles. The molecular formula is C19H32N4O4. The molecule has 1 amide bonds. The summed E-state index contributed by atoms with van der Waals surface area (Å²) in [7, 11) is 0. The Kier molecular flexibility index (Phi) is 10.2. The molecule has 0 aliphatic rings. The average molecular weight is 380 g/mol. The predicted molar refractivity (Wildman–Crippen MR) is 99.3 cm³/mol. The molecule has 0 heterocycles. The van der Waals surface area contributed by atoms with Gasteiger partial charge in [-0.3, -0.25) is 0 Å². The van der Waals surface area contributed by atoms with Crippen LogP contribution in [0.25, 0.3) is 0 Å². The van der Waals surface area contributed by atoms with Crippen molar-refractivity contribution in [3.63, 3.8) is 0 Å². The van der Waals surface area contributed by atoms with Gasteiger partial charge in [0.25, 0.3) is 0 Å². The number of carbonyl (C=O) groups is 2. The molecule has 0 aromatic heterocycles. The van der Waals surface area contributed by atoms with Crippen LogP contribution >= 0.6 is 0 Å². The molecule has 8 heteroatoms. The smallest absolute Gasteiger partial charge is 0.408 e. The lowest BCUT2D eigenvalue weighted by Gasteiger charge is -2.49. The number of rotatable bonds is 7. The van der Waals surface area contributed by atoms with Gasteiger partial charge in [-0.1, -0.05) is 71.4 Å². The van der Waals surface area contributed by atoms with Crippen LogP contribution in [-0.2, 0) is 16.1 Å². The lowest BCUT2D eigenvalue weighted by atomic mass is 9.66. The number of nitrogens with zero attached hydrogens (tertiary/aromatic N) is 1. The van der Waals surface area contributed by atoms with E-state index in [1.54, 1.807) is 27.7 Å². The highest BCUT2D eigenvalue weighted by Crippen LogP contribution is 2.38. The largest absolute Gasteiger partial charge is 0.548 e. The first-order chi connectivity index (χ1) is 12.6. The summed E-state index contributed by atoms with van der Waals surface area (Å²) in [5, 5.41) is 17.3. The number of aliphatic carboxylic acids is 1. The van der Waals surface area contributed by atoms with E-state index >= 15 is 0 Å². The standard InChI is InChI=1S/C18H27NO4.CH5N3/c1-6-13(2)18(15(20)21,17(3,4)5)19-16(22)23-12-14-10-8-7-9-11-14;2-1-4-3/h7-11,13H,6,12H2,1-5H3,(H,19,22)(H,20,21);3H,1-2H2/t13-,18-;/m1./s1. The summed E-state index contributed by atoms with van der Waals surface area (Å²) in [4.78, 5) is 24.1. The van der Waals surface area contributed by atoms with Crippen LogP contribution in [0.5, 0.6) is 0 Å². The Labute approximate surface area is 161 Å². The number of benzene rings is 1. The Balaban J connectivity index is 0.00000153. The van der Waals surface area contributed by atoms with E-state index in [2.05, 4.69) is 16.2 Å². The van der Waals surface area contributed by atoms with Gasteiger partial charge >= 0.3 is 6.09 Å². The van der Waals surface area contributed by atoms with Crippen molar-refractivity contribution in [1.29, 1.82) is 5.53 Å². The maximum atomic E-state index is 12.2. The second-order valence-electron chi connectivity index (χ2n) is 7.22. The van der Waals surface area contributed by atoms with Crippen LogP contribution in [0.2, 0.25) is 0 Å². The van der Waals surface area contributed by atoms with Crippen LogP contribution in [0.4, 0.5) is 4.79 Å². The minimum Gasteiger partial charge on any atom is -0.548 e. The van der Waals surface area contributed by atoms with E-state index in [0.717, 1.165) is 5.56 Å². The van der Waals surface area contributed by atoms with Crippen molar-refractivity contribution in [2.75, 3.05) is 6.67 Å². The third kappa shape index (κ3) is 6.97. The van der Waals surface area contributed by atoms with Gasteiger partial charge in [0.2, 0.25) is 0 Å². The van der Waals surface area contributed by atoms with Crippen molar-refractivity contribution < 1.29 is 25.2 Å². The monoisotopic (exact) mass is 380 g/mol. The molecular weight excluding hydrogens is 348 g/mol. The Morgan fingerprint density at radius 1 is 1.30 bits per heavy atom. The fraction of sp³-hybridized carbons (Fsp3) is 0.579. The van der Waals surface area contributed by atoms with Gasteiger partial charge in [-0.05, 0) is 16.9 Å². The Morgan fingerprint density at radius 3 is 2.19 bits per heavy atom. The van der Waals surface area contributed by atoms with Gasteiger partial charge in [0, 0.05) is 0 Å². The number of hydrogen-bond donors (Lipinski definition) is 3. The van der Waals surface area contributed by atoms with Crippen molar-refractivity contribution in [2.24, 2.45) is 16.4 Å². The van der Waals surface area contributed by atoms with Gasteiger partial charge in [0.15, 0.2) is 6.67 Å². The first-order valence-corrected chi connectivity index (χ1v) is 8.89. The highest BCUT2D eigenvalue weighted by molar-refractivity contribution is 5.84. The van der Waals surface area contributed by atoms with E-state index < -0.39 is 23.0 Å². The van der Waals surface area contributed by atoms with Gasteiger partial charge in [0.1, 0.15) is 6.61 Å². The molecule has 0 unspecified atom stereocenters. The van der Waals surface area contributed by atoms with E-state index in [9.17, 15) is 14.7 Å². The molecule has 0 spiro atoms. The molecule has 5 N–H and O–H groups in total. The summed E-state index contributed by atoms with van der Waals surface area (Å²) in [5.41, 5.74) is 7.86. The summed E-state index contributed by atoms with van der Waals surface area (Å²) in [5.74, 6) is -1.60. The molecule has 2 atom stereocenters. The molecule has 27 heavy (non-hydrogen) atoms. The Bertz CT molecular complexity index is 601. The summed E-state index contributed by atoms with van der Waals surface area (Å²) >= 11 is 0. The van der Waals surface area contributed by atoms with Crippen LogP contribution in [0, 0.1) is 16.9 Å². The van der Waals surface area contributed by atoms with Crippen molar-refractivity contribution in [3.05, 3.63) is 35.9 Å². The van der Waals surface area contributed by atoms with Gasteiger partial charge in [0.05, 0.1) is 11.5 Å². The second kappa shape index (κ2) is 11.3. The zero-order chi connectivity index (χ0) is 21.1. The maximum absolute atomic E-state index is 12.2. The minimum atomic E-state index is -1.50. The number of quaternary nitrogens is 1. The zero-order valence-corrected chi connectivity index (χ0v) is 16.9. The van der Waals surface area contributed by atoms with Gasteiger partial charge in [-0.15, -0.1) is 5.11 Å². The molecule has 0 saturated heterocycles. The lowest BCUT2D eigenvalue weighted by Crippen LogP contribution is -2.70. The molecule has 1 aromatic carbocycles. The average Bonchev–Trinajstić information content (AvgIpc) is 2.63. The molecule has 8 nitrogen and oxygen atoms in total. The normalized spacial score (nSPS) is 14.0. The maximum Gasteiger partial charge on any atom is 0.408 e. The van der Waals surface area contributed by atoms with Crippen molar-refractivity contribution in [2.45, 2.75) is 53.2 Å². The van der Waals surface area contributed by atoms with E-state index in [1.807, 2.05) is 37.3 Å². The molecule has 152 valence electrons. The van der Waals surface area contributed by atoms with Crippen LogP contribution in [0.15, 0.2) is 35.4 Å². The van der Waals surface area contributed by atoms with Gasteiger partial charge < -0.3 is 25.7 Å². The molecule has 0 bridgehead atoms. The molecule has 0 fully saturated rings. The minimum absolute atomic E-state index is 0.0838. The molecule has 0 aliphatic carbocycles. The van der Waals surface area contributed by atoms with Crippen molar-refractivity contribution in [3.8, 4) is 0 Å². The third-order valence-electron chi connectivity index (χ3n) is 4.48. The highest BCUT2D eigenvalue weighted by atomic mass is 16.5. The van der Waals surface area contributed by atoms with Crippen LogP contribution < -0.4 is 16.2 Å². The first kappa shape index (κ1) is 24.5. The summed E-state index contributed by atoms with van der Waals surface area (Å²) in [6.07, 6.45) is -0.169. The Morgan fingerprint density at radius 2 is 1.81 bits per heavy atom. The molecule has 1 rings (SSSR count). The van der Waals surface area contributed by atoms with Crippen molar-refractivity contribution in [1.82, 2.24) is 5.32 Å². The van der Waals surface area contributed by atoms with E-state index in [0.29, 0.717) is 13.1 Å². The lowest BCUT2D eigenvalue weighted by molar-refractivity contribution is -0.366.